The van der Waals surface area contributed by atoms with Crippen molar-refractivity contribution in [2.45, 2.75) is 13.3 Å². The summed E-state index contributed by atoms with van der Waals surface area (Å²) in [6, 6.07) is 1.69. The van der Waals surface area contributed by atoms with E-state index in [2.05, 4.69) is 4.74 Å². The van der Waals surface area contributed by atoms with E-state index in [0.717, 1.165) is 6.26 Å². The Hall–Kier alpha value is -1.21. The van der Waals surface area contributed by atoms with Crippen LogP contribution in [0.1, 0.15) is 13.3 Å². The van der Waals surface area contributed by atoms with Crippen LogP contribution in [-0.4, -0.2) is 25.1 Å². The molecule has 0 rings (SSSR count). The third kappa shape index (κ3) is 5.44. The highest BCUT2D eigenvalue weighted by Crippen LogP contribution is 1.98. The number of alkyl halides is 1. The van der Waals surface area contributed by atoms with Gasteiger partial charge in [-0.25, -0.2) is 4.79 Å². The van der Waals surface area contributed by atoms with Crippen LogP contribution < -0.4 is 0 Å². The smallest absolute Gasteiger partial charge is 0.352 e. The molecule has 0 heterocycles. The summed E-state index contributed by atoms with van der Waals surface area (Å²) in [6.45, 7) is 2.29. The lowest BCUT2D eigenvalue weighted by atomic mass is 10.3. The Morgan fingerprint density at radius 2 is 2.36 bits per heavy atom. The fourth-order valence-electron chi connectivity index (χ4n) is 0.609. The highest BCUT2D eigenvalue weighted by molar-refractivity contribution is 6.17. The fraction of sp³-hybridized carbons (Fsp3) is 0.556. The van der Waals surface area contributed by atoms with Gasteiger partial charge in [-0.05, 0) is 13.3 Å². The van der Waals surface area contributed by atoms with Gasteiger partial charge < -0.3 is 9.47 Å². The molecule has 0 fully saturated rings. The van der Waals surface area contributed by atoms with Crippen LogP contribution in [0.15, 0.2) is 11.8 Å². The summed E-state index contributed by atoms with van der Waals surface area (Å²) >= 11 is 5.41. The van der Waals surface area contributed by atoms with Crippen molar-refractivity contribution in [3.05, 3.63) is 11.8 Å². The molecule has 14 heavy (non-hydrogen) atoms. The first-order valence-corrected chi connectivity index (χ1v) is 4.74. The van der Waals surface area contributed by atoms with Gasteiger partial charge in [0.25, 0.3) is 0 Å². The molecule has 0 unspecified atom stereocenters. The molecule has 0 saturated carbocycles. The second-order valence-corrected chi connectivity index (χ2v) is 2.66. The maximum Gasteiger partial charge on any atom is 0.352 e. The van der Waals surface area contributed by atoms with E-state index in [1.54, 1.807) is 13.0 Å². The topological polar surface area (TPSA) is 59.3 Å². The lowest BCUT2D eigenvalue weighted by molar-refractivity contribution is -0.138. The van der Waals surface area contributed by atoms with Crippen LogP contribution in [0.5, 0.6) is 0 Å². The van der Waals surface area contributed by atoms with E-state index >= 15 is 0 Å². The minimum absolute atomic E-state index is 0.138. The molecule has 0 aromatic rings. The average molecular weight is 218 g/mol. The zero-order chi connectivity index (χ0) is 10.8. The number of esters is 1. The zero-order valence-electron chi connectivity index (χ0n) is 7.96. The van der Waals surface area contributed by atoms with Crippen molar-refractivity contribution in [1.82, 2.24) is 0 Å². The Morgan fingerprint density at radius 3 is 2.86 bits per heavy atom. The SMILES string of the molecule is CCOC(=O)C(C#N)=COCCCCl. The summed E-state index contributed by atoms with van der Waals surface area (Å²) in [6.07, 6.45) is 1.77. The first-order chi connectivity index (χ1) is 6.76. The van der Waals surface area contributed by atoms with Crippen LogP contribution >= 0.6 is 11.6 Å². The summed E-state index contributed by atoms with van der Waals surface area (Å²) in [5.74, 6) is -0.185. The maximum atomic E-state index is 11.0. The van der Waals surface area contributed by atoms with Crippen LogP contribution in [0.2, 0.25) is 0 Å². The van der Waals surface area contributed by atoms with Crippen LogP contribution in [0.3, 0.4) is 0 Å². The van der Waals surface area contributed by atoms with Crippen molar-refractivity contribution in [2.24, 2.45) is 0 Å². The molecule has 0 aliphatic carbocycles. The van der Waals surface area contributed by atoms with Crippen molar-refractivity contribution in [3.8, 4) is 6.07 Å². The minimum Gasteiger partial charge on any atom is -0.499 e. The van der Waals surface area contributed by atoms with Gasteiger partial charge >= 0.3 is 5.97 Å². The quantitative estimate of drug-likeness (QED) is 0.169. The van der Waals surface area contributed by atoms with Crippen LogP contribution in [0, 0.1) is 11.3 Å². The Morgan fingerprint density at radius 1 is 1.64 bits per heavy atom. The van der Waals surface area contributed by atoms with Gasteiger partial charge in [-0.2, -0.15) is 5.26 Å². The minimum atomic E-state index is -0.666. The van der Waals surface area contributed by atoms with Gasteiger partial charge in [0.05, 0.1) is 13.2 Å². The second-order valence-electron chi connectivity index (χ2n) is 2.28. The molecule has 0 spiro atoms. The van der Waals surface area contributed by atoms with Crippen molar-refractivity contribution in [2.75, 3.05) is 19.1 Å². The molecule has 0 aromatic carbocycles. The number of nitrogens with zero attached hydrogens (tertiary/aromatic N) is 1. The number of nitriles is 1. The molecule has 0 aliphatic rings. The standard InChI is InChI=1S/C9H12ClNO3/c1-2-14-9(12)8(6-11)7-13-5-3-4-10/h7H,2-5H2,1H3. The van der Waals surface area contributed by atoms with Crippen LogP contribution in [-0.2, 0) is 14.3 Å². The molecule has 5 heteroatoms. The normalized spacial score (nSPS) is 10.5. The molecular weight excluding hydrogens is 206 g/mol. The molecule has 0 radical (unpaired) electrons. The Bertz CT molecular complexity index is 245. The number of hydrogen-bond donors (Lipinski definition) is 0. The number of hydrogen-bond acceptors (Lipinski definition) is 4. The van der Waals surface area contributed by atoms with Crippen molar-refractivity contribution >= 4 is 17.6 Å². The van der Waals surface area contributed by atoms with Crippen molar-refractivity contribution < 1.29 is 14.3 Å². The Balaban J connectivity index is 4.00. The largest absolute Gasteiger partial charge is 0.499 e. The predicted molar refractivity (Wildman–Crippen MR) is 51.6 cm³/mol. The molecule has 0 amide bonds. The third-order valence-corrected chi connectivity index (χ3v) is 1.48. The number of carbonyl (C=O) groups excluding carboxylic acids is 1. The first-order valence-electron chi connectivity index (χ1n) is 4.21. The molecule has 0 atom stereocenters. The summed E-state index contributed by atoms with van der Waals surface area (Å²) in [7, 11) is 0. The van der Waals surface area contributed by atoms with Crippen LogP contribution in [0.25, 0.3) is 0 Å². The maximum absolute atomic E-state index is 11.0. The van der Waals surface area contributed by atoms with Gasteiger partial charge in [0.15, 0.2) is 5.57 Å². The van der Waals surface area contributed by atoms with Gasteiger partial charge in [-0.3, -0.25) is 0 Å². The third-order valence-electron chi connectivity index (χ3n) is 1.21. The van der Waals surface area contributed by atoms with Gasteiger partial charge in [0.1, 0.15) is 12.3 Å². The Kier molecular flexibility index (Phi) is 7.67. The molecule has 0 aromatic heterocycles. The summed E-state index contributed by atoms with van der Waals surface area (Å²) in [5.41, 5.74) is -0.138. The molecular formula is C9H12ClNO3. The van der Waals surface area contributed by atoms with Crippen molar-refractivity contribution in [1.29, 1.82) is 5.26 Å². The van der Waals surface area contributed by atoms with E-state index in [4.69, 9.17) is 21.6 Å². The summed E-state index contributed by atoms with van der Waals surface area (Å²) < 4.78 is 9.54. The molecule has 0 bridgehead atoms. The molecule has 0 N–H and O–H groups in total. The lowest BCUT2D eigenvalue weighted by Crippen LogP contribution is -2.07. The predicted octanol–water partition coefficient (Wildman–Crippen LogP) is 1.60. The van der Waals surface area contributed by atoms with E-state index in [9.17, 15) is 4.79 Å². The van der Waals surface area contributed by atoms with E-state index < -0.39 is 5.97 Å². The van der Waals surface area contributed by atoms with Gasteiger partial charge in [-0.15, -0.1) is 11.6 Å². The van der Waals surface area contributed by atoms with E-state index in [0.29, 0.717) is 18.9 Å². The molecule has 78 valence electrons. The zero-order valence-corrected chi connectivity index (χ0v) is 8.71. The summed E-state index contributed by atoms with van der Waals surface area (Å²) in [4.78, 5) is 11.0. The molecule has 0 saturated heterocycles. The average Bonchev–Trinajstić information content (AvgIpc) is 2.18. The Labute approximate surface area is 88.1 Å². The van der Waals surface area contributed by atoms with E-state index in [1.165, 1.54) is 0 Å². The fourth-order valence-corrected chi connectivity index (χ4v) is 0.718. The van der Waals surface area contributed by atoms with E-state index in [-0.39, 0.29) is 12.2 Å². The number of rotatable bonds is 6. The second kappa shape index (κ2) is 8.39. The highest BCUT2D eigenvalue weighted by Gasteiger charge is 2.09. The first kappa shape index (κ1) is 12.8. The van der Waals surface area contributed by atoms with Gasteiger partial charge in [0.2, 0.25) is 0 Å². The monoisotopic (exact) mass is 217 g/mol. The van der Waals surface area contributed by atoms with Gasteiger partial charge in [-0.1, -0.05) is 0 Å². The number of carbonyl (C=O) groups is 1. The lowest BCUT2D eigenvalue weighted by Gasteiger charge is -2.00. The summed E-state index contributed by atoms with van der Waals surface area (Å²) in [5, 5.41) is 8.55. The molecule has 4 nitrogen and oxygen atoms in total. The number of halogens is 1. The van der Waals surface area contributed by atoms with Crippen LogP contribution in [0.4, 0.5) is 0 Å². The highest BCUT2D eigenvalue weighted by atomic mass is 35.5. The van der Waals surface area contributed by atoms with Gasteiger partial charge in [0, 0.05) is 5.88 Å². The van der Waals surface area contributed by atoms with E-state index in [1.807, 2.05) is 0 Å². The number of ether oxygens (including phenoxy) is 2. The van der Waals surface area contributed by atoms with Crippen molar-refractivity contribution in [3.63, 3.8) is 0 Å². The molecule has 0 aliphatic heterocycles.